The number of benzene rings is 3. The summed E-state index contributed by atoms with van der Waals surface area (Å²) in [5, 5.41) is 24.0. The number of fused-ring (bicyclic) bond motifs is 1. The zero-order valence-corrected chi connectivity index (χ0v) is 29.1. The zero-order chi connectivity index (χ0) is 37.9. The van der Waals surface area contributed by atoms with E-state index in [0.717, 1.165) is 18.4 Å². The Bertz CT molecular complexity index is 2520. The molecule has 1 heterocycles. The molecule has 0 saturated carbocycles. The van der Waals surface area contributed by atoms with E-state index in [4.69, 9.17) is 4.74 Å². The van der Waals surface area contributed by atoms with Crippen molar-refractivity contribution in [3.8, 4) is 5.75 Å². The normalized spacial score (nSPS) is 12.7. The van der Waals surface area contributed by atoms with Crippen LogP contribution in [-0.4, -0.2) is 92.9 Å². The molecule has 51 heavy (non-hydrogen) atoms. The Labute approximate surface area is 289 Å². The number of hydrogen-bond acceptors (Lipinski definition) is 17. The first-order valence-electron chi connectivity index (χ1n) is 13.7. The molecule has 20 nitrogen and oxygen atoms in total. The van der Waals surface area contributed by atoms with Gasteiger partial charge in [0.05, 0.1) is 23.9 Å². The topological polar surface area (TPSA) is 314 Å². The van der Waals surface area contributed by atoms with Crippen LogP contribution in [0.15, 0.2) is 73.3 Å². The van der Waals surface area contributed by atoms with Gasteiger partial charge < -0.3 is 20.5 Å². The fourth-order valence-electron chi connectivity index (χ4n) is 4.25. The summed E-state index contributed by atoms with van der Waals surface area (Å²) in [6, 6.07) is 5.80. The number of phenolic OH excluding ortho intramolecular Hbond substituents is 1. The molecule has 4 aromatic rings. The van der Waals surface area contributed by atoms with Crippen molar-refractivity contribution in [1.29, 1.82) is 0 Å². The molecule has 0 saturated heterocycles. The maximum Gasteiger partial charge on any atom is 0.315 e. The summed E-state index contributed by atoms with van der Waals surface area (Å²) in [5.41, 5.74) is -2.02. The third-order valence-electron chi connectivity index (χ3n) is 6.56. The highest BCUT2D eigenvalue weighted by Gasteiger charge is 2.25. The molecule has 0 aliphatic carbocycles. The van der Waals surface area contributed by atoms with Crippen molar-refractivity contribution in [3.63, 3.8) is 0 Å². The Balaban J connectivity index is 1.66. The molecule has 0 spiro atoms. The summed E-state index contributed by atoms with van der Waals surface area (Å²) in [6.07, 6.45) is -1.20. The summed E-state index contributed by atoms with van der Waals surface area (Å²) in [7, 11) is -18.7. The molecule has 274 valence electrons. The van der Waals surface area contributed by atoms with Gasteiger partial charge in [-0.2, -0.15) is 44.6 Å². The average Bonchev–Trinajstić information content (AvgIpc) is 3.00. The Morgan fingerprint density at radius 3 is 2.12 bits per heavy atom. The third kappa shape index (κ3) is 9.94. The molecular formula is C26H26FN7O13S4. The smallest absolute Gasteiger partial charge is 0.315 e. The van der Waals surface area contributed by atoms with Crippen LogP contribution in [-0.2, 0) is 44.9 Å². The molecule has 0 unspecified atom stereocenters. The number of sulfone groups is 1. The second kappa shape index (κ2) is 14.8. The molecule has 0 amide bonds. The van der Waals surface area contributed by atoms with Crippen molar-refractivity contribution < 1.29 is 61.6 Å². The minimum atomic E-state index is -5.21. The largest absolute Gasteiger partial charge is 0.505 e. The van der Waals surface area contributed by atoms with E-state index >= 15 is 0 Å². The van der Waals surface area contributed by atoms with E-state index in [2.05, 4.69) is 42.4 Å². The molecule has 0 radical (unpaired) electrons. The fraction of sp³-hybridized carbons (Fsp3) is 0.192. The van der Waals surface area contributed by atoms with E-state index in [1.54, 1.807) is 0 Å². The van der Waals surface area contributed by atoms with Gasteiger partial charge in [-0.05, 0) is 54.3 Å². The maximum absolute atomic E-state index is 14.2. The van der Waals surface area contributed by atoms with Crippen LogP contribution in [0, 0.1) is 13.0 Å². The number of aryl methyl sites for hydroxylation is 1. The number of phenols is 1. The van der Waals surface area contributed by atoms with Gasteiger partial charge in [-0.25, -0.2) is 8.42 Å². The maximum atomic E-state index is 14.2. The Hall–Kier alpha value is -4.76. The van der Waals surface area contributed by atoms with Gasteiger partial charge in [0.25, 0.3) is 30.4 Å². The second-order valence-electron chi connectivity index (χ2n) is 10.2. The van der Waals surface area contributed by atoms with Crippen LogP contribution in [0.4, 0.5) is 33.3 Å². The van der Waals surface area contributed by atoms with Gasteiger partial charge in [0.15, 0.2) is 15.6 Å². The van der Waals surface area contributed by atoms with Crippen LogP contribution < -0.4 is 10.6 Å². The first kappa shape index (κ1) is 39.0. The number of aromatic nitrogens is 3. The predicted octanol–water partition coefficient (Wildman–Crippen LogP) is 3.06. The average molecular weight is 792 g/mol. The van der Waals surface area contributed by atoms with E-state index in [0.29, 0.717) is 12.1 Å². The molecule has 1 aromatic heterocycles. The van der Waals surface area contributed by atoms with E-state index in [9.17, 15) is 56.8 Å². The van der Waals surface area contributed by atoms with Gasteiger partial charge in [0, 0.05) is 23.0 Å². The molecule has 25 heteroatoms. The number of rotatable bonds is 15. The third-order valence-corrected chi connectivity index (χ3v) is 10.5. The van der Waals surface area contributed by atoms with Gasteiger partial charge >= 0.3 is 6.08 Å². The minimum Gasteiger partial charge on any atom is -0.505 e. The molecular weight excluding hydrogens is 766 g/mol. The van der Waals surface area contributed by atoms with Crippen molar-refractivity contribution >= 4 is 79.9 Å². The summed E-state index contributed by atoms with van der Waals surface area (Å²) in [4.78, 5) is 8.15. The van der Waals surface area contributed by atoms with Crippen LogP contribution in [0.3, 0.4) is 0 Å². The minimum absolute atomic E-state index is 0.00681. The monoisotopic (exact) mass is 791 g/mol. The van der Waals surface area contributed by atoms with E-state index in [-0.39, 0.29) is 59.4 Å². The zero-order valence-electron chi connectivity index (χ0n) is 25.8. The first-order valence-corrected chi connectivity index (χ1v) is 19.8. The lowest BCUT2D eigenvalue weighted by atomic mass is 10.1. The first-order chi connectivity index (χ1) is 23.6. The molecule has 0 bridgehead atoms. The number of aromatic hydroxyl groups is 1. The number of ether oxygens (including phenoxy) is 1. The molecule has 4 rings (SSSR count). The molecule has 0 aliphatic heterocycles. The van der Waals surface area contributed by atoms with Crippen molar-refractivity contribution in [2.45, 2.75) is 21.6 Å². The summed E-state index contributed by atoms with van der Waals surface area (Å²) in [5.74, 6) is -1.75. The second-order valence-corrected chi connectivity index (χ2v) is 16.4. The Morgan fingerprint density at radius 1 is 0.843 bits per heavy atom. The quantitative estimate of drug-likeness (QED) is 0.0572. The fourth-order valence-corrected chi connectivity index (χ4v) is 6.84. The van der Waals surface area contributed by atoms with E-state index < -0.39 is 78.1 Å². The number of azo groups is 1. The predicted molar refractivity (Wildman–Crippen MR) is 177 cm³/mol. The summed E-state index contributed by atoms with van der Waals surface area (Å²) >= 11 is 0. The van der Waals surface area contributed by atoms with Crippen LogP contribution in [0.2, 0.25) is 0 Å². The summed E-state index contributed by atoms with van der Waals surface area (Å²) in [6.45, 7) is 4.23. The van der Waals surface area contributed by atoms with Crippen LogP contribution in [0.5, 0.6) is 5.75 Å². The van der Waals surface area contributed by atoms with Gasteiger partial charge in [-0.1, -0.05) is 6.58 Å². The standard InChI is InChI=1S/C26H26FN7O13S4/c1-3-48(36,37)9-8-47-7-6-28-25-30-24(27)31-26(32-25)29-16-4-5-17-15(11-16)12-21(51(44,45)46)22(23(17)35)34-33-18-13-19(49(38,39)40)14(2)10-20(18)50(41,42)43/h3-5,10-13,35H,1,6-9H2,2H3,(H,38,39,40)(H,41,42,43)(H,44,45,46)(H2,28,29,30,31,32). The highest BCUT2D eigenvalue weighted by molar-refractivity contribution is 7.94. The lowest BCUT2D eigenvalue weighted by Crippen LogP contribution is -2.16. The SMILES string of the molecule is C=CS(=O)(=O)CCOCCNc1nc(F)nc(Nc2ccc3c(O)c(N=Nc4cc(S(=O)(=O)O)c(C)cc4S(=O)(=O)O)c(S(=O)(=O)O)cc3c2)n1. The van der Waals surface area contributed by atoms with Gasteiger partial charge in [-0.15, -0.1) is 10.2 Å². The van der Waals surface area contributed by atoms with Crippen LogP contribution >= 0.6 is 0 Å². The highest BCUT2D eigenvalue weighted by atomic mass is 32.2. The van der Waals surface area contributed by atoms with Crippen molar-refractivity contribution in [2.75, 3.05) is 36.1 Å². The molecule has 0 aliphatic rings. The number of nitrogens with zero attached hydrogens (tertiary/aromatic N) is 5. The lowest BCUT2D eigenvalue weighted by Gasteiger charge is -2.12. The Morgan fingerprint density at radius 2 is 1.49 bits per heavy atom. The molecule has 0 atom stereocenters. The number of anilines is 3. The van der Waals surface area contributed by atoms with Gasteiger partial charge in [0.2, 0.25) is 11.9 Å². The molecule has 3 aromatic carbocycles. The molecule has 0 fully saturated rings. The van der Waals surface area contributed by atoms with Crippen molar-refractivity contribution in [3.05, 3.63) is 60.0 Å². The number of halogens is 1. The molecule has 6 N–H and O–H groups in total. The van der Waals surface area contributed by atoms with E-state index in [1.807, 2.05) is 0 Å². The van der Waals surface area contributed by atoms with Crippen molar-refractivity contribution in [1.82, 2.24) is 15.0 Å². The number of nitrogens with one attached hydrogen (secondary N) is 2. The number of hydrogen-bond donors (Lipinski definition) is 6. The van der Waals surface area contributed by atoms with Gasteiger partial charge in [-0.3, -0.25) is 13.7 Å². The summed E-state index contributed by atoms with van der Waals surface area (Å²) < 4.78 is 143. The Kier molecular flexibility index (Phi) is 11.4. The van der Waals surface area contributed by atoms with Gasteiger partial charge in [0.1, 0.15) is 21.2 Å². The highest BCUT2D eigenvalue weighted by Crippen LogP contribution is 2.43. The lowest BCUT2D eigenvalue weighted by molar-refractivity contribution is 0.159. The van der Waals surface area contributed by atoms with Crippen LogP contribution in [0.25, 0.3) is 10.8 Å². The van der Waals surface area contributed by atoms with E-state index in [1.165, 1.54) is 18.2 Å². The van der Waals surface area contributed by atoms with Crippen molar-refractivity contribution in [2.24, 2.45) is 10.2 Å². The van der Waals surface area contributed by atoms with Crippen LogP contribution in [0.1, 0.15) is 5.56 Å².